The number of amides is 1. The Kier molecular flexibility index (Phi) is 6.14. The molecular formula is C20H23N5O2. The maximum absolute atomic E-state index is 12.2. The molecule has 3 rings (SSSR count). The molecule has 0 atom stereocenters. The Hall–Kier alpha value is -3.22. The summed E-state index contributed by atoms with van der Waals surface area (Å²) >= 11 is 0. The van der Waals surface area contributed by atoms with Crippen LogP contribution < -0.4 is 10.9 Å². The van der Waals surface area contributed by atoms with Crippen LogP contribution in [-0.4, -0.2) is 25.5 Å². The van der Waals surface area contributed by atoms with Gasteiger partial charge in [-0.25, -0.2) is 0 Å². The van der Waals surface area contributed by atoms with Crippen molar-refractivity contribution in [2.24, 2.45) is 0 Å². The summed E-state index contributed by atoms with van der Waals surface area (Å²) in [4.78, 5) is 24.3. The third-order valence-electron chi connectivity index (χ3n) is 4.18. The van der Waals surface area contributed by atoms with Gasteiger partial charge in [-0.3, -0.25) is 14.3 Å². The van der Waals surface area contributed by atoms with Crippen molar-refractivity contribution in [3.05, 3.63) is 76.5 Å². The van der Waals surface area contributed by atoms with E-state index in [1.807, 2.05) is 48.1 Å². The zero-order valence-electron chi connectivity index (χ0n) is 15.3. The molecule has 7 heteroatoms. The fourth-order valence-electron chi connectivity index (χ4n) is 2.82. The van der Waals surface area contributed by atoms with Gasteiger partial charge < -0.3 is 9.88 Å². The summed E-state index contributed by atoms with van der Waals surface area (Å²) in [6.07, 6.45) is 5.67. The molecular weight excluding hydrogens is 342 g/mol. The summed E-state index contributed by atoms with van der Waals surface area (Å²) in [6.45, 7) is 3.32. The van der Waals surface area contributed by atoms with Crippen LogP contribution in [0.1, 0.15) is 24.1 Å². The first-order valence-corrected chi connectivity index (χ1v) is 9.01. The lowest BCUT2D eigenvalue weighted by molar-refractivity contribution is -0.115. The van der Waals surface area contributed by atoms with E-state index in [9.17, 15) is 9.59 Å². The number of carbonyl (C=O) groups is 1. The lowest BCUT2D eigenvalue weighted by Crippen LogP contribution is -2.21. The van der Waals surface area contributed by atoms with Gasteiger partial charge in [0.1, 0.15) is 0 Å². The molecule has 0 saturated heterocycles. The number of benzene rings is 1. The number of carbonyl (C=O) groups excluding carboxylic acids is 1. The van der Waals surface area contributed by atoms with E-state index in [4.69, 9.17) is 0 Å². The fraction of sp³-hybridized carbons (Fsp3) is 0.300. The minimum absolute atomic E-state index is 0.121. The predicted octanol–water partition coefficient (Wildman–Crippen LogP) is 2.41. The molecule has 1 N–H and O–H groups in total. The number of hydrogen-bond donors (Lipinski definition) is 1. The van der Waals surface area contributed by atoms with Gasteiger partial charge in [0.05, 0.1) is 12.1 Å². The second kappa shape index (κ2) is 8.93. The Morgan fingerprint density at radius 2 is 1.89 bits per heavy atom. The number of anilines is 1. The first kappa shape index (κ1) is 18.6. The van der Waals surface area contributed by atoms with Gasteiger partial charge in [0, 0.05) is 37.2 Å². The van der Waals surface area contributed by atoms with Gasteiger partial charge >= 0.3 is 0 Å². The molecule has 1 amide bonds. The van der Waals surface area contributed by atoms with Gasteiger partial charge in [-0.2, -0.15) is 0 Å². The number of rotatable bonds is 8. The first-order valence-electron chi connectivity index (χ1n) is 9.01. The van der Waals surface area contributed by atoms with Gasteiger partial charge in [-0.15, -0.1) is 5.10 Å². The monoisotopic (exact) mass is 365 g/mol. The maximum Gasteiger partial charge on any atom is 0.252 e. The summed E-state index contributed by atoms with van der Waals surface area (Å²) in [6, 6.07) is 12.7. The Balaban J connectivity index is 1.48. The second-order valence-electron chi connectivity index (χ2n) is 6.49. The molecule has 140 valence electrons. The average Bonchev–Trinajstić information content (AvgIpc) is 3.06. The molecule has 0 aliphatic heterocycles. The van der Waals surface area contributed by atoms with Crippen LogP contribution >= 0.6 is 0 Å². The quantitative estimate of drug-likeness (QED) is 0.622. The topological polar surface area (TPSA) is 81.8 Å². The average molecular weight is 365 g/mol. The molecule has 0 fully saturated rings. The highest BCUT2D eigenvalue weighted by Crippen LogP contribution is 2.06. The molecule has 27 heavy (non-hydrogen) atoms. The predicted molar refractivity (Wildman–Crippen MR) is 103 cm³/mol. The van der Waals surface area contributed by atoms with Crippen LogP contribution in [0.3, 0.4) is 0 Å². The number of hydrogen-bond acceptors (Lipinski definition) is 4. The first-order chi connectivity index (χ1) is 13.1. The zero-order valence-corrected chi connectivity index (χ0v) is 15.3. The van der Waals surface area contributed by atoms with Crippen molar-refractivity contribution in [2.75, 3.05) is 5.32 Å². The van der Waals surface area contributed by atoms with E-state index < -0.39 is 0 Å². The SMILES string of the molecule is Cc1cn(CCCCn2ccc(NC(=O)Cc3ccccc3)cc2=O)nn1. The number of aromatic nitrogens is 4. The van der Waals surface area contributed by atoms with E-state index >= 15 is 0 Å². The van der Waals surface area contributed by atoms with Crippen molar-refractivity contribution in [2.45, 2.75) is 39.3 Å². The highest BCUT2D eigenvalue weighted by Gasteiger charge is 2.05. The number of aryl methyl sites for hydroxylation is 3. The van der Waals surface area contributed by atoms with Crippen molar-refractivity contribution >= 4 is 11.6 Å². The van der Waals surface area contributed by atoms with Crippen molar-refractivity contribution in [3.8, 4) is 0 Å². The van der Waals surface area contributed by atoms with Gasteiger partial charge in [0.15, 0.2) is 0 Å². The van der Waals surface area contributed by atoms with Crippen molar-refractivity contribution in [1.29, 1.82) is 0 Å². The molecule has 0 bridgehead atoms. The molecule has 0 saturated carbocycles. The summed E-state index contributed by atoms with van der Waals surface area (Å²) < 4.78 is 3.46. The minimum atomic E-state index is -0.138. The van der Waals surface area contributed by atoms with Gasteiger partial charge in [0.2, 0.25) is 5.91 Å². The highest BCUT2D eigenvalue weighted by molar-refractivity contribution is 5.92. The molecule has 7 nitrogen and oxygen atoms in total. The standard InChI is InChI=1S/C20H23N5O2/c1-16-15-25(23-22-16)11-6-5-10-24-12-9-18(14-20(24)27)21-19(26)13-17-7-3-2-4-8-17/h2-4,7-9,12,14-15H,5-6,10-11,13H2,1H3,(H,21,26). The van der Waals surface area contributed by atoms with Crippen LogP contribution in [-0.2, 0) is 24.3 Å². The summed E-state index contributed by atoms with van der Waals surface area (Å²) in [5.41, 5.74) is 2.24. The maximum atomic E-state index is 12.2. The highest BCUT2D eigenvalue weighted by atomic mass is 16.1. The van der Waals surface area contributed by atoms with E-state index in [-0.39, 0.29) is 17.9 Å². The Bertz CT molecular complexity index is 946. The lowest BCUT2D eigenvalue weighted by Gasteiger charge is -2.09. The van der Waals surface area contributed by atoms with Crippen molar-refractivity contribution in [1.82, 2.24) is 19.6 Å². The normalized spacial score (nSPS) is 10.7. The van der Waals surface area contributed by atoms with E-state index in [0.717, 1.165) is 30.6 Å². The zero-order chi connectivity index (χ0) is 19.1. The van der Waals surface area contributed by atoms with Crippen LogP contribution in [0.2, 0.25) is 0 Å². The van der Waals surface area contributed by atoms with E-state index in [1.165, 1.54) is 6.07 Å². The number of pyridine rings is 1. The van der Waals surface area contributed by atoms with Crippen molar-refractivity contribution in [3.63, 3.8) is 0 Å². The van der Waals surface area contributed by atoms with Gasteiger partial charge in [-0.1, -0.05) is 35.5 Å². The van der Waals surface area contributed by atoms with Crippen LogP contribution in [0.15, 0.2) is 59.7 Å². The number of nitrogens with one attached hydrogen (secondary N) is 1. The third-order valence-corrected chi connectivity index (χ3v) is 4.18. The lowest BCUT2D eigenvalue weighted by atomic mass is 10.1. The summed E-state index contributed by atoms with van der Waals surface area (Å²) in [5.74, 6) is -0.138. The van der Waals surface area contributed by atoms with E-state index in [2.05, 4.69) is 15.6 Å². The molecule has 0 spiro atoms. The van der Waals surface area contributed by atoms with Crippen LogP contribution in [0, 0.1) is 6.92 Å². The molecule has 0 radical (unpaired) electrons. The van der Waals surface area contributed by atoms with Crippen LogP contribution in [0.25, 0.3) is 0 Å². The molecule has 2 heterocycles. The largest absolute Gasteiger partial charge is 0.326 e. The molecule has 0 unspecified atom stereocenters. The Morgan fingerprint density at radius 1 is 1.11 bits per heavy atom. The second-order valence-corrected chi connectivity index (χ2v) is 6.49. The smallest absolute Gasteiger partial charge is 0.252 e. The molecule has 2 aromatic heterocycles. The molecule has 3 aromatic rings. The Morgan fingerprint density at radius 3 is 2.59 bits per heavy atom. The summed E-state index contributed by atoms with van der Waals surface area (Å²) in [7, 11) is 0. The van der Waals surface area contributed by atoms with Crippen LogP contribution in [0.5, 0.6) is 0 Å². The van der Waals surface area contributed by atoms with E-state index in [1.54, 1.807) is 16.8 Å². The molecule has 1 aromatic carbocycles. The van der Waals surface area contributed by atoms with Gasteiger partial charge in [0.25, 0.3) is 5.56 Å². The fourth-order valence-corrected chi connectivity index (χ4v) is 2.82. The van der Waals surface area contributed by atoms with E-state index in [0.29, 0.717) is 12.2 Å². The van der Waals surface area contributed by atoms with Crippen LogP contribution in [0.4, 0.5) is 5.69 Å². The molecule has 0 aliphatic carbocycles. The Labute approximate surface area is 157 Å². The minimum Gasteiger partial charge on any atom is -0.326 e. The third kappa shape index (κ3) is 5.64. The number of unbranched alkanes of at least 4 members (excludes halogenated alkanes) is 1. The molecule has 0 aliphatic rings. The van der Waals surface area contributed by atoms with Gasteiger partial charge in [-0.05, 0) is 31.4 Å². The summed E-state index contributed by atoms with van der Waals surface area (Å²) in [5, 5.41) is 10.7. The number of nitrogens with zero attached hydrogens (tertiary/aromatic N) is 4. The van der Waals surface area contributed by atoms with Crippen molar-refractivity contribution < 1.29 is 4.79 Å².